The van der Waals surface area contributed by atoms with Crippen LogP contribution >= 0.6 is 11.6 Å². The second-order valence-corrected chi connectivity index (χ2v) is 5.45. The molecule has 0 fully saturated rings. The maximum absolute atomic E-state index is 7.58. The Bertz CT molecular complexity index is 667. The summed E-state index contributed by atoms with van der Waals surface area (Å²) in [5, 5.41) is 8.20. The molecule has 2 aromatic rings. The average Bonchev–Trinajstić information content (AvgIpc) is 2.46. The molecular formula is C16H16ClN3. The van der Waals surface area contributed by atoms with Crippen LogP contribution in [-0.2, 0) is 13.0 Å². The van der Waals surface area contributed by atoms with E-state index in [1.165, 1.54) is 17.3 Å². The van der Waals surface area contributed by atoms with Crippen molar-refractivity contribution in [1.29, 1.82) is 5.41 Å². The number of halogens is 1. The van der Waals surface area contributed by atoms with Gasteiger partial charge in [0.25, 0.3) is 0 Å². The number of fused-ring (bicyclic) bond motifs is 1. The van der Waals surface area contributed by atoms with Crippen LogP contribution in [0.1, 0.15) is 16.7 Å². The van der Waals surface area contributed by atoms with Crippen molar-refractivity contribution in [2.75, 3.05) is 17.2 Å². The molecule has 3 N–H and O–H groups in total. The molecule has 0 saturated heterocycles. The quantitative estimate of drug-likeness (QED) is 0.655. The van der Waals surface area contributed by atoms with Crippen molar-refractivity contribution in [3.8, 4) is 0 Å². The number of nitrogens with one attached hydrogen (secondary N) is 1. The highest BCUT2D eigenvalue weighted by molar-refractivity contribution is 6.31. The molecular weight excluding hydrogens is 270 g/mol. The fourth-order valence-electron chi connectivity index (χ4n) is 2.74. The summed E-state index contributed by atoms with van der Waals surface area (Å²) in [6.45, 7) is 1.74. The number of hydrogen-bond acceptors (Lipinski definition) is 3. The van der Waals surface area contributed by atoms with Crippen molar-refractivity contribution in [3.05, 3.63) is 58.1 Å². The van der Waals surface area contributed by atoms with E-state index in [0.29, 0.717) is 10.7 Å². The van der Waals surface area contributed by atoms with E-state index in [-0.39, 0.29) is 0 Å². The molecule has 0 aliphatic carbocycles. The fourth-order valence-corrected chi connectivity index (χ4v) is 2.97. The largest absolute Gasteiger partial charge is 0.398 e. The summed E-state index contributed by atoms with van der Waals surface area (Å²) in [6.07, 6.45) is 2.31. The van der Waals surface area contributed by atoms with Gasteiger partial charge in [0, 0.05) is 41.3 Å². The third-order valence-corrected chi connectivity index (χ3v) is 3.99. The van der Waals surface area contributed by atoms with Crippen molar-refractivity contribution in [1.82, 2.24) is 0 Å². The summed E-state index contributed by atoms with van der Waals surface area (Å²) >= 11 is 6.12. The number of benzene rings is 2. The summed E-state index contributed by atoms with van der Waals surface area (Å²) in [7, 11) is 0. The van der Waals surface area contributed by atoms with Crippen LogP contribution in [0.2, 0.25) is 5.02 Å². The molecule has 1 aliphatic heterocycles. The molecule has 0 amide bonds. The van der Waals surface area contributed by atoms with Gasteiger partial charge in [0.1, 0.15) is 0 Å². The lowest BCUT2D eigenvalue weighted by molar-refractivity contribution is 0.731. The van der Waals surface area contributed by atoms with E-state index < -0.39 is 0 Å². The Labute approximate surface area is 123 Å². The Morgan fingerprint density at radius 2 is 1.95 bits per heavy atom. The van der Waals surface area contributed by atoms with Gasteiger partial charge in [-0.05, 0) is 29.7 Å². The summed E-state index contributed by atoms with van der Waals surface area (Å²) in [5.41, 5.74) is 10.9. The molecule has 0 spiro atoms. The molecule has 0 radical (unpaired) electrons. The van der Waals surface area contributed by atoms with Crippen LogP contribution in [0.25, 0.3) is 0 Å². The first kappa shape index (κ1) is 13.0. The van der Waals surface area contributed by atoms with Gasteiger partial charge in [-0.15, -0.1) is 0 Å². The van der Waals surface area contributed by atoms with Gasteiger partial charge in [0.05, 0.1) is 0 Å². The number of hydrogen-bond donors (Lipinski definition) is 2. The monoisotopic (exact) mass is 285 g/mol. The minimum Gasteiger partial charge on any atom is -0.398 e. The van der Waals surface area contributed by atoms with Crippen molar-refractivity contribution < 1.29 is 0 Å². The normalized spacial score (nSPS) is 13.9. The number of anilines is 2. The summed E-state index contributed by atoms with van der Waals surface area (Å²) in [6, 6.07) is 12.1. The molecule has 4 heteroatoms. The molecule has 2 aromatic carbocycles. The van der Waals surface area contributed by atoms with Crippen molar-refractivity contribution in [2.24, 2.45) is 0 Å². The highest BCUT2D eigenvalue weighted by Crippen LogP contribution is 2.32. The van der Waals surface area contributed by atoms with E-state index >= 15 is 0 Å². The van der Waals surface area contributed by atoms with Crippen molar-refractivity contribution >= 4 is 29.2 Å². The predicted octanol–water partition coefficient (Wildman–Crippen LogP) is 3.48. The lowest BCUT2D eigenvalue weighted by atomic mass is 9.98. The smallest absolute Gasteiger partial charge is 0.0494 e. The van der Waals surface area contributed by atoms with Gasteiger partial charge in [-0.25, -0.2) is 0 Å². The van der Waals surface area contributed by atoms with E-state index in [1.54, 1.807) is 6.07 Å². The lowest BCUT2D eigenvalue weighted by Gasteiger charge is -2.32. The number of nitrogens with two attached hydrogens (primary N) is 1. The SMILES string of the molecule is N=Cc1c(N)cc(Cl)cc1N1CCc2ccccc2C1. The van der Waals surface area contributed by atoms with Gasteiger partial charge in [0.2, 0.25) is 0 Å². The zero-order valence-electron chi connectivity index (χ0n) is 11.1. The minimum atomic E-state index is 0.557. The van der Waals surface area contributed by atoms with Gasteiger partial charge in [0.15, 0.2) is 0 Å². The summed E-state index contributed by atoms with van der Waals surface area (Å²) < 4.78 is 0. The second-order valence-electron chi connectivity index (χ2n) is 5.01. The zero-order chi connectivity index (χ0) is 14.1. The Morgan fingerprint density at radius 1 is 1.20 bits per heavy atom. The molecule has 0 atom stereocenters. The molecule has 0 unspecified atom stereocenters. The Morgan fingerprint density at radius 3 is 2.70 bits per heavy atom. The van der Waals surface area contributed by atoms with Gasteiger partial charge in [-0.2, -0.15) is 0 Å². The maximum atomic E-state index is 7.58. The predicted molar refractivity (Wildman–Crippen MR) is 84.9 cm³/mol. The van der Waals surface area contributed by atoms with E-state index in [0.717, 1.165) is 30.8 Å². The molecule has 102 valence electrons. The molecule has 3 rings (SSSR count). The number of nitrogen functional groups attached to an aromatic ring is 1. The van der Waals surface area contributed by atoms with Gasteiger partial charge in [-0.3, -0.25) is 0 Å². The first-order chi connectivity index (χ1) is 9.69. The molecule has 1 heterocycles. The van der Waals surface area contributed by atoms with Crippen LogP contribution in [0.15, 0.2) is 36.4 Å². The molecule has 0 bridgehead atoms. The topological polar surface area (TPSA) is 53.1 Å². The Hall–Kier alpha value is -2.00. The van der Waals surface area contributed by atoms with Crippen LogP contribution in [0.5, 0.6) is 0 Å². The van der Waals surface area contributed by atoms with Gasteiger partial charge in [-0.1, -0.05) is 35.9 Å². The van der Waals surface area contributed by atoms with Crippen LogP contribution in [0.3, 0.4) is 0 Å². The molecule has 20 heavy (non-hydrogen) atoms. The van der Waals surface area contributed by atoms with Crippen molar-refractivity contribution in [3.63, 3.8) is 0 Å². The fraction of sp³-hybridized carbons (Fsp3) is 0.188. The Kier molecular flexibility index (Phi) is 3.36. The third-order valence-electron chi connectivity index (χ3n) is 3.77. The minimum absolute atomic E-state index is 0.557. The van der Waals surface area contributed by atoms with Crippen LogP contribution in [-0.4, -0.2) is 12.8 Å². The highest BCUT2D eigenvalue weighted by Gasteiger charge is 2.19. The second kappa shape index (κ2) is 5.17. The molecule has 1 aliphatic rings. The van der Waals surface area contributed by atoms with Crippen LogP contribution in [0, 0.1) is 5.41 Å². The lowest BCUT2D eigenvalue weighted by Crippen LogP contribution is -2.31. The van der Waals surface area contributed by atoms with Gasteiger partial charge >= 0.3 is 0 Å². The maximum Gasteiger partial charge on any atom is 0.0494 e. The van der Waals surface area contributed by atoms with E-state index in [9.17, 15) is 0 Å². The van der Waals surface area contributed by atoms with Crippen LogP contribution in [0.4, 0.5) is 11.4 Å². The number of rotatable bonds is 2. The molecule has 3 nitrogen and oxygen atoms in total. The van der Waals surface area contributed by atoms with E-state index in [2.05, 4.69) is 29.2 Å². The zero-order valence-corrected chi connectivity index (χ0v) is 11.8. The summed E-state index contributed by atoms with van der Waals surface area (Å²) in [4.78, 5) is 2.24. The summed E-state index contributed by atoms with van der Waals surface area (Å²) in [5.74, 6) is 0. The van der Waals surface area contributed by atoms with E-state index in [1.807, 2.05) is 6.07 Å². The van der Waals surface area contributed by atoms with E-state index in [4.69, 9.17) is 22.7 Å². The highest BCUT2D eigenvalue weighted by atomic mass is 35.5. The first-order valence-electron chi connectivity index (χ1n) is 6.60. The molecule has 0 aromatic heterocycles. The van der Waals surface area contributed by atoms with Gasteiger partial charge < -0.3 is 16.0 Å². The first-order valence-corrected chi connectivity index (χ1v) is 6.98. The molecule has 0 saturated carbocycles. The third kappa shape index (κ3) is 2.25. The number of nitrogens with zero attached hydrogens (tertiary/aromatic N) is 1. The Balaban J connectivity index is 2.01. The van der Waals surface area contributed by atoms with Crippen LogP contribution < -0.4 is 10.6 Å². The average molecular weight is 286 g/mol. The standard InChI is InChI=1S/C16H16ClN3/c17-13-7-15(19)14(9-18)16(8-13)20-6-5-11-3-1-2-4-12(11)10-20/h1-4,7-9,18H,5-6,10,19H2. The van der Waals surface area contributed by atoms with Crippen molar-refractivity contribution in [2.45, 2.75) is 13.0 Å².